The highest BCUT2D eigenvalue weighted by Crippen LogP contribution is 2.03. The standard InChI is InChI=1S/C7H15NO2/c1-8-3-2-4-10-6-7(8)5-9/h7,9H,2-6H2,1H3. The third-order valence-corrected chi connectivity index (χ3v) is 1.94. The summed E-state index contributed by atoms with van der Waals surface area (Å²) >= 11 is 0. The predicted octanol–water partition coefficient (Wildman–Crippen LogP) is -0.301. The third kappa shape index (κ3) is 1.94. The van der Waals surface area contributed by atoms with Gasteiger partial charge in [0.15, 0.2) is 0 Å². The molecule has 1 aliphatic rings. The van der Waals surface area contributed by atoms with Crippen molar-refractivity contribution in [3.05, 3.63) is 0 Å². The molecule has 1 unspecified atom stereocenters. The van der Waals surface area contributed by atoms with E-state index in [4.69, 9.17) is 9.84 Å². The molecule has 0 aromatic rings. The Labute approximate surface area is 61.6 Å². The molecule has 1 heterocycles. The average molecular weight is 145 g/mol. The lowest BCUT2D eigenvalue weighted by molar-refractivity contribution is 0.0757. The Morgan fingerprint density at radius 3 is 3.20 bits per heavy atom. The first-order chi connectivity index (χ1) is 4.84. The van der Waals surface area contributed by atoms with Gasteiger partial charge < -0.3 is 9.84 Å². The Morgan fingerprint density at radius 2 is 2.50 bits per heavy atom. The topological polar surface area (TPSA) is 32.7 Å². The largest absolute Gasteiger partial charge is 0.395 e. The van der Waals surface area contributed by atoms with Crippen LogP contribution in [0.25, 0.3) is 0 Å². The number of aliphatic hydroxyl groups is 1. The van der Waals surface area contributed by atoms with Crippen LogP contribution in [0.15, 0.2) is 0 Å². The highest BCUT2D eigenvalue weighted by Gasteiger charge is 2.15. The van der Waals surface area contributed by atoms with Crippen molar-refractivity contribution in [3.63, 3.8) is 0 Å². The van der Waals surface area contributed by atoms with Gasteiger partial charge in [-0.25, -0.2) is 0 Å². The van der Waals surface area contributed by atoms with Crippen LogP contribution in [0.5, 0.6) is 0 Å². The summed E-state index contributed by atoms with van der Waals surface area (Å²) in [5.41, 5.74) is 0. The van der Waals surface area contributed by atoms with Crippen LogP contribution >= 0.6 is 0 Å². The molecule has 1 atom stereocenters. The molecule has 0 radical (unpaired) electrons. The van der Waals surface area contributed by atoms with E-state index < -0.39 is 0 Å². The van der Waals surface area contributed by atoms with Crippen LogP contribution in [-0.2, 0) is 4.74 Å². The van der Waals surface area contributed by atoms with Gasteiger partial charge in [0.2, 0.25) is 0 Å². The molecule has 0 aromatic heterocycles. The predicted molar refractivity (Wildman–Crippen MR) is 38.9 cm³/mol. The number of hydrogen-bond acceptors (Lipinski definition) is 3. The first-order valence-electron chi connectivity index (χ1n) is 3.73. The van der Waals surface area contributed by atoms with E-state index in [0.717, 1.165) is 19.6 Å². The molecule has 10 heavy (non-hydrogen) atoms. The average Bonchev–Trinajstić information content (AvgIpc) is 2.13. The van der Waals surface area contributed by atoms with E-state index in [1.165, 1.54) is 0 Å². The maximum atomic E-state index is 8.86. The van der Waals surface area contributed by atoms with Gasteiger partial charge in [0.25, 0.3) is 0 Å². The zero-order valence-corrected chi connectivity index (χ0v) is 6.42. The van der Waals surface area contributed by atoms with Gasteiger partial charge in [0, 0.05) is 13.2 Å². The molecule has 60 valence electrons. The minimum Gasteiger partial charge on any atom is -0.395 e. The summed E-state index contributed by atoms with van der Waals surface area (Å²) in [6.45, 7) is 2.75. The second-order valence-corrected chi connectivity index (χ2v) is 2.75. The van der Waals surface area contributed by atoms with E-state index in [1.54, 1.807) is 0 Å². The molecule has 0 amide bonds. The Kier molecular flexibility index (Phi) is 3.12. The minimum atomic E-state index is 0.205. The highest BCUT2D eigenvalue weighted by molar-refractivity contribution is 4.69. The van der Waals surface area contributed by atoms with Crippen LogP contribution < -0.4 is 0 Å². The van der Waals surface area contributed by atoms with E-state index in [1.807, 2.05) is 7.05 Å². The Balaban J connectivity index is 2.35. The van der Waals surface area contributed by atoms with Crippen molar-refractivity contribution >= 4 is 0 Å². The lowest BCUT2D eigenvalue weighted by Gasteiger charge is -2.21. The van der Waals surface area contributed by atoms with Crippen LogP contribution in [0.2, 0.25) is 0 Å². The van der Waals surface area contributed by atoms with Crippen molar-refractivity contribution in [1.29, 1.82) is 0 Å². The lowest BCUT2D eigenvalue weighted by Crippen LogP contribution is -2.36. The molecule has 3 nitrogen and oxygen atoms in total. The number of likely N-dealkylation sites (N-methyl/N-ethyl adjacent to an activating group) is 1. The zero-order chi connectivity index (χ0) is 7.40. The molecule has 0 aromatic carbocycles. The van der Waals surface area contributed by atoms with Gasteiger partial charge in [-0.2, -0.15) is 0 Å². The van der Waals surface area contributed by atoms with Crippen LogP contribution in [-0.4, -0.2) is 49.5 Å². The molecular weight excluding hydrogens is 130 g/mol. The Bertz CT molecular complexity index is 97.6. The van der Waals surface area contributed by atoms with Crippen molar-refractivity contribution in [2.24, 2.45) is 0 Å². The van der Waals surface area contributed by atoms with Gasteiger partial charge in [-0.1, -0.05) is 0 Å². The van der Waals surface area contributed by atoms with Crippen LogP contribution in [0, 0.1) is 0 Å². The zero-order valence-electron chi connectivity index (χ0n) is 6.42. The first-order valence-corrected chi connectivity index (χ1v) is 3.73. The fourth-order valence-electron chi connectivity index (χ4n) is 1.14. The van der Waals surface area contributed by atoms with Crippen molar-refractivity contribution in [2.45, 2.75) is 12.5 Å². The van der Waals surface area contributed by atoms with Gasteiger partial charge in [0.05, 0.1) is 19.3 Å². The summed E-state index contributed by atoms with van der Waals surface area (Å²) in [7, 11) is 2.02. The quantitative estimate of drug-likeness (QED) is 0.550. The van der Waals surface area contributed by atoms with Crippen molar-refractivity contribution < 1.29 is 9.84 Å². The number of ether oxygens (including phenoxy) is 1. The van der Waals surface area contributed by atoms with Crippen molar-refractivity contribution in [2.75, 3.05) is 33.4 Å². The van der Waals surface area contributed by atoms with E-state index in [0.29, 0.717) is 6.61 Å². The Hall–Kier alpha value is -0.120. The number of aliphatic hydroxyl groups excluding tert-OH is 1. The van der Waals surface area contributed by atoms with E-state index >= 15 is 0 Å². The van der Waals surface area contributed by atoms with Gasteiger partial charge >= 0.3 is 0 Å². The van der Waals surface area contributed by atoms with Gasteiger partial charge in [0.1, 0.15) is 0 Å². The second-order valence-electron chi connectivity index (χ2n) is 2.75. The lowest BCUT2D eigenvalue weighted by atomic mass is 10.3. The number of hydrogen-bond donors (Lipinski definition) is 1. The van der Waals surface area contributed by atoms with Crippen LogP contribution in [0.3, 0.4) is 0 Å². The van der Waals surface area contributed by atoms with E-state index in [2.05, 4.69) is 4.90 Å². The summed E-state index contributed by atoms with van der Waals surface area (Å²) in [5, 5.41) is 8.86. The summed E-state index contributed by atoms with van der Waals surface area (Å²) < 4.78 is 5.27. The van der Waals surface area contributed by atoms with Crippen molar-refractivity contribution in [3.8, 4) is 0 Å². The maximum Gasteiger partial charge on any atom is 0.0644 e. The van der Waals surface area contributed by atoms with Gasteiger partial charge in [-0.15, -0.1) is 0 Å². The maximum absolute atomic E-state index is 8.86. The molecule has 3 heteroatoms. The molecule has 0 bridgehead atoms. The number of nitrogens with zero attached hydrogens (tertiary/aromatic N) is 1. The SMILES string of the molecule is CN1CCCOCC1CO. The smallest absolute Gasteiger partial charge is 0.0644 e. The molecule has 1 saturated heterocycles. The number of rotatable bonds is 1. The molecule has 0 saturated carbocycles. The van der Waals surface area contributed by atoms with Crippen LogP contribution in [0.4, 0.5) is 0 Å². The minimum absolute atomic E-state index is 0.205. The summed E-state index contributed by atoms with van der Waals surface area (Å²) in [6, 6.07) is 0.211. The van der Waals surface area contributed by atoms with Gasteiger partial charge in [-0.05, 0) is 13.5 Å². The molecule has 0 spiro atoms. The summed E-state index contributed by atoms with van der Waals surface area (Å²) in [4.78, 5) is 2.15. The highest BCUT2D eigenvalue weighted by atomic mass is 16.5. The third-order valence-electron chi connectivity index (χ3n) is 1.94. The fraction of sp³-hybridized carbons (Fsp3) is 1.00. The molecule has 1 fully saturated rings. The summed E-state index contributed by atoms with van der Waals surface area (Å²) in [6.07, 6.45) is 1.08. The van der Waals surface area contributed by atoms with E-state index in [-0.39, 0.29) is 12.6 Å². The first kappa shape index (κ1) is 7.98. The molecule has 1 N–H and O–H groups in total. The van der Waals surface area contributed by atoms with E-state index in [9.17, 15) is 0 Å². The second kappa shape index (κ2) is 3.91. The monoisotopic (exact) mass is 145 g/mol. The molecule has 1 aliphatic heterocycles. The fourth-order valence-corrected chi connectivity index (χ4v) is 1.14. The normalized spacial score (nSPS) is 30.0. The van der Waals surface area contributed by atoms with Crippen molar-refractivity contribution in [1.82, 2.24) is 4.90 Å². The molecule has 1 rings (SSSR count). The molecule has 0 aliphatic carbocycles. The van der Waals surface area contributed by atoms with Crippen LogP contribution in [0.1, 0.15) is 6.42 Å². The Morgan fingerprint density at radius 1 is 1.70 bits per heavy atom. The summed E-state index contributed by atoms with van der Waals surface area (Å²) in [5.74, 6) is 0. The van der Waals surface area contributed by atoms with Gasteiger partial charge in [-0.3, -0.25) is 4.90 Å². The molecular formula is C7H15NO2.